The van der Waals surface area contributed by atoms with Crippen LogP contribution in [0, 0.1) is 45.8 Å². The zero-order valence-corrected chi connectivity index (χ0v) is 14.2. The highest BCUT2D eigenvalue weighted by Crippen LogP contribution is 2.63. The minimum atomic E-state index is -0.0630. The molecule has 0 aliphatic heterocycles. The van der Waals surface area contributed by atoms with E-state index in [9.17, 15) is 10.1 Å². The highest BCUT2D eigenvalue weighted by atomic mass is 16.5. The molecule has 0 N–H and O–H groups in total. The third kappa shape index (κ3) is 2.45. The maximum absolute atomic E-state index is 11.7. The summed E-state index contributed by atoms with van der Waals surface area (Å²) in [4.78, 5) is 11.7. The van der Waals surface area contributed by atoms with Gasteiger partial charge in [0.25, 0.3) is 0 Å². The Morgan fingerprint density at radius 2 is 2.00 bits per heavy atom. The predicted octanol–water partition coefficient (Wildman–Crippen LogP) is 4.32. The van der Waals surface area contributed by atoms with Gasteiger partial charge in [-0.1, -0.05) is 13.8 Å². The number of nitriles is 1. The summed E-state index contributed by atoms with van der Waals surface area (Å²) in [5, 5.41) is 9.47. The van der Waals surface area contributed by atoms with Crippen LogP contribution in [0.3, 0.4) is 0 Å². The van der Waals surface area contributed by atoms with Crippen LogP contribution in [0.5, 0.6) is 0 Å². The zero-order valence-electron chi connectivity index (χ0n) is 14.2. The third-order valence-corrected chi connectivity index (χ3v) is 7.38. The number of esters is 1. The second-order valence-corrected chi connectivity index (χ2v) is 8.64. The normalized spacial score (nSPS) is 47.2. The first-order valence-electron chi connectivity index (χ1n) is 8.88. The molecule has 3 aliphatic carbocycles. The van der Waals surface area contributed by atoms with Gasteiger partial charge in [0.1, 0.15) is 0 Å². The van der Waals surface area contributed by atoms with Crippen molar-refractivity contribution in [1.29, 1.82) is 5.26 Å². The number of hydrogen-bond donors (Lipinski definition) is 0. The quantitative estimate of drug-likeness (QED) is 0.714. The Balaban J connectivity index is 1.73. The van der Waals surface area contributed by atoms with Gasteiger partial charge in [-0.2, -0.15) is 5.26 Å². The van der Waals surface area contributed by atoms with Crippen molar-refractivity contribution in [3.63, 3.8) is 0 Å². The number of rotatable bonds is 2. The zero-order chi connectivity index (χ0) is 16.0. The Labute approximate surface area is 134 Å². The summed E-state index contributed by atoms with van der Waals surface area (Å²) < 4.78 is 4.89. The van der Waals surface area contributed by atoms with Crippen molar-refractivity contribution in [3.05, 3.63) is 0 Å². The highest BCUT2D eigenvalue weighted by molar-refractivity contribution is 5.70. The van der Waals surface area contributed by atoms with E-state index in [0.717, 1.165) is 37.0 Å². The molecule has 0 radical (unpaired) electrons. The molecule has 0 amide bonds. The van der Waals surface area contributed by atoms with E-state index in [0.29, 0.717) is 6.42 Å². The van der Waals surface area contributed by atoms with E-state index in [1.54, 1.807) is 0 Å². The van der Waals surface area contributed by atoms with Gasteiger partial charge in [-0.25, -0.2) is 0 Å². The van der Waals surface area contributed by atoms with E-state index in [-0.39, 0.29) is 22.7 Å². The average molecular weight is 303 g/mol. The van der Waals surface area contributed by atoms with E-state index < -0.39 is 0 Å². The molecular weight excluding hydrogens is 274 g/mol. The molecule has 122 valence electrons. The molecular formula is C19H29NO2. The molecule has 3 saturated carbocycles. The predicted molar refractivity (Wildman–Crippen MR) is 84.7 cm³/mol. The first-order chi connectivity index (χ1) is 10.4. The second kappa shape index (κ2) is 5.55. The van der Waals surface area contributed by atoms with Crippen LogP contribution in [0.25, 0.3) is 0 Å². The van der Waals surface area contributed by atoms with Crippen LogP contribution in [-0.2, 0) is 9.53 Å². The average Bonchev–Trinajstić information content (AvgIpc) is 2.83. The van der Waals surface area contributed by atoms with E-state index in [1.165, 1.54) is 32.8 Å². The monoisotopic (exact) mass is 303 g/mol. The fraction of sp³-hybridized carbons (Fsp3) is 0.895. The van der Waals surface area contributed by atoms with Crippen LogP contribution >= 0.6 is 0 Å². The van der Waals surface area contributed by atoms with Crippen LogP contribution in [0.4, 0.5) is 0 Å². The number of nitrogens with zero attached hydrogens (tertiary/aromatic N) is 1. The lowest BCUT2D eigenvalue weighted by atomic mass is 9.52. The summed E-state index contributed by atoms with van der Waals surface area (Å²) in [6.45, 7) is 4.64. The van der Waals surface area contributed by atoms with Crippen molar-refractivity contribution >= 4 is 5.97 Å². The maximum Gasteiger partial charge on any atom is 0.306 e. The summed E-state index contributed by atoms with van der Waals surface area (Å²) in [5.41, 5.74) is 0.376. The molecule has 0 heterocycles. The Morgan fingerprint density at radius 1 is 1.23 bits per heavy atom. The SMILES string of the molecule is COC(=O)C[C@@]1(C)CC[C@@H]2[C@H](CC[C@]3(C)[C@@H](C#N)CC[C@@H]23)C1. The summed E-state index contributed by atoms with van der Waals surface area (Å²) in [6.07, 6.45) is 8.87. The molecule has 3 nitrogen and oxygen atoms in total. The first-order valence-corrected chi connectivity index (χ1v) is 8.88. The number of fused-ring (bicyclic) bond motifs is 3. The van der Waals surface area contributed by atoms with Crippen molar-refractivity contribution in [3.8, 4) is 6.07 Å². The summed E-state index contributed by atoms with van der Waals surface area (Å²) in [7, 11) is 1.49. The topological polar surface area (TPSA) is 50.1 Å². The van der Waals surface area contributed by atoms with E-state index in [2.05, 4.69) is 19.9 Å². The van der Waals surface area contributed by atoms with E-state index >= 15 is 0 Å². The number of carbonyl (C=O) groups excluding carboxylic acids is 1. The molecule has 0 unspecified atom stereocenters. The minimum absolute atomic E-state index is 0.0630. The number of ether oxygens (including phenoxy) is 1. The first kappa shape index (κ1) is 15.8. The van der Waals surface area contributed by atoms with Crippen LogP contribution in [-0.4, -0.2) is 13.1 Å². The van der Waals surface area contributed by atoms with Gasteiger partial charge in [0.2, 0.25) is 0 Å². The number of carbonyl (C=O) groups is 1. The fourth-order valence-corrected chi connectivity index (χ4v) is 6.10. The molecule has 0 spiro atoms. The Hall–Kier alpha value is -1.04. The molecule has 0 bridgehead atoms. The van der Waals surface area contributed by atoms with Crippen molar-refractivity contribution in [2.75, 3.05) is 7.11 Å². The standard InChI is InChI=1S/C19H29NO2/c1-18(11-17(21)22-3)8-7-15-13(10-18)6-9-19(2)14(12-20)4-5-16(15)19/h13-16H,4-11H2,1-3H3/t13-,14-,15-,16+,18+,19-/m1/s1. The van der Waals surface area contributed by atoms with Gasteiger partial charge in [-0.3, -0.25) is 4.79 Å². The Bertz CT molecular complexity index is 496. The molecule has 0 aromatic carbocycles. The van der Waals surface area contributed by atoms with Crippen molar-refractivity contribution in [2.24, 2.45) is 34.5 Å². The van der Waals surface area contributed by atoms with Gasteiger partial charge in [0.15, 0.2) is 0 Å². The third-order valence-electron chi connectivity index (χ3n) is 7.38. The largest absolute Gasteiger partial charge is 0.469 e. The Morgan fingerprint density at radius 3 is 2.68 bits per heavy atom. The molecule has 22 heavy (non-hydrogen) atoms. The van der Waals surface area contributed by atoms with E-state index in [1.807, 2.05) is 0 Å². The van der Waals surface area contributed by atoms with Gasteiger partial charge >= 0.3 is 5.97 Å². The lowest BCUT2D eigenvalue weighted by Crippen LogP contribution is -2.45. The maximum atomic E-state index is 11.7. The molecule has 0 saturated heterocycles. The van der Waals surface area contributed by atoms with Crippen LogP contribution in [0.1, 0.15) is 65.2 Å². The van der Waals surface area contributed by atoms with Crippen LogP contribution < -0.4 is 0 Å². The van der Waals surface area contributed by atoms with Crippen molar-refractivity contribution in [1.82, 2.24) is 0 Å². The van der Waals surface area contributed by atoms with Gasteiger partial charge in [0, 0.05) is 0 Å². The number of hydrogen-bond acceptors (Lipinski definition) is 3. The minimum Gasteiger partial charge on any atom is -0.469 e. The second-order valence-electron chi connectivity index (χ2n) is 8.64. The summed E-state index contributed by atoms with van der Waals surface area (Å²) in [6, 6.07) is 2.59. The fourth-order valence-electron chi connectivity index (χ4n) is 6.10. The molecule has 6 atom stereocenters. The van der Waals surface area contributed by atoms with Gasteiger partial charge < -0.3 is 4.74 Å². The lowest BCUT2D eigenvalue weighted by Gasteiger charge is -2.53. The Kier molecular flexibility index (Phi) is 4.00. The van der Waals surface area contributed by atoms with Gasteiger partial charge in [-0.15, -0.1) is 0 Å². The van der Waals surface area contributed by atoms with Crippen molar-refractivity contribution < 1.29 is 9.53 Å². The summed E-state index contributed by atoms with van der Waals surface area (Å²) >= 11 is 0. The molecule has 0 aromatic heterocycles. The molecule has 3 rings (SSSR count). The van der Waals surface area contributed by atoms with Crippen molar-refractivity contribution in [2.45, 2.75) is 65.2 Å². The van der Waals surface area contributed by atoms with Gasteiger partial charge in [-0.05, 0) is 73.5 Å². The van der Waals surface area contributed by atoms with E-state index in [4.69, 9.17) is 4.74 Å². The van der Waals surface area contributed by atoms with Crippen LogP contribution in [0.2, 0.25) is 0 Å². The molecule has 0 aromatic rings. The van der Waals surface area contributed by atoms with Gasteiger partial charge in [0.05, 0.1) is 25.5 Å². The van der Waals surface area contributed by atoms with Crippen LogP contribution in [0.15, 0.2) is 0 Å². The molecule has 3 heteroatoms. The highest BCUT2D eigenvalue weighted by Gasteiger charge is 2.56. The molecule has 3 fully saturated rings. The number of methoxy groups -OCH3 is 1. The molecule has 3 aliphatic rings. The summed E-state index contributed by atoms with van der Waals surface area (Å²) in [5.74, 6) is 2.47. The smallest absolute Gasteiger partial charge is 0.306 e. The lowest BCUT2D eigenvalue weighted by molar-refractivity contribution is -0.145.